The van der Waals surface area contributed by atoms with Crippen molar-refractivity contribution in [1.82, 2.24) is 4.31 Å². The van der Waals surface area contributed by atoms with Gasteiger partial charge in [-0.2, -0.15) is 0 Å². The Bertz CT molecular complexity index is 435. The number of rotatable bonds is 3. The fourth-order valence-corrected chi connectivity index (χ4v) is 4.48. The maximum Gasteiger partial charge on any atom is 0.325 e. The van der Waals surface area contributed by atoms with Crippen molar-refractivity contribution in [2.75, 3.05) is 20.2 Å². The molecule has 2 fully saturated rings. The number of esters is 1. The molecule has 0 aromatic heterocycles. The molecule has 0 radical (unpaired) electrons. The average molecular weight is 277 g/mol. The number of hydrogen-bond donors (Lipinski definition) is 1. The van der Waals surface area contributed by atoms with Crippen molar-refractivity contribution in [2.45, 2.75) is 31.1 Å². The summed E-state index contributed by atoms with van der Waals surface area (Å²) < 4.78 is 30.2. The minimum Gasteiger partial charge on any atom is -0.468 e. The van der Waals surface area contributed by atoms with E-state index >= 15 is 0 Å². The van der Waals surface area contributed by atoms with Gasteiger partial charge >= 0.3 is 5.97 Å². The predicted octanol–water partition coefficient (Wildman–Crippen LogP) is -0.420. The zero-order valence-electron chi connectivity index (χ0n) is 10.6. The molecule has 1 N–H and O–H groups in total. The van der Waals surface area contributed by atoms with E-state index in [1.54, 1.807) is 0 Å². The lowest BCUT2D eigenvalue weighted by Gasteiger charge is -2.21. The van der Waals surface area contributed by atoms with Gasteiger partial charge in [-0.05, 0) is 25.7 Å². The zero-order valence-corrected chi connectivity index (χ0v) is 11.4. The number of methoxy groups -OCH3 is 1. The van der Waals surface area contributed by atoms with E-state index in [4.69, 9.17) is 0 Å². The van der Waals surface area contributed by atoms with Gasteiger partial charge in [0.2, 0.25) is 10.0 Å². The van der Waals surface area contributed by atoms with Gasteiger partial charge < -0.3 is 9.84 Å². The highest BCUT2D eigenvalue weighted by Crippen LogP contribution is 2.39. The largest absolute Gasteiger partial charge is 0.468 e. The molecule has 0 spiro atoms. The van der Waals surface area contributed by atoms with Gasteiger partial charge in [-0.15, -0.1) is 0 Å². The molecule has 18 heavy (non-hydrogen) atoms. The third-order valence-electron chi connectivity index (χ3n) is 4.13. The first kappa shape index (κ1) is 13.8. The lowest BCUT2D eigenvalue weighted by Crippen LogP contribution is -2.41. The van der Waals surface area contributed by atoms with E-state index in [0.717, 1.165) is 12.8 Å². The molecule has 7 heteroatoms. The Hall–Kier alpha value is -0.660. The Kier molecular flexibility index (Phi) is 3.66. The van der Waals surface area contributed by atoms with E-state index in [-0.39, 0.29) is 11.8 Å². The van der Waals surface area contributed by atoms with Crippen LogP contribution in [0, 0.1) is 11.8 Å². The van der Waals surface area contributed by atoms with Crippen LogP contribution in [-0.4, -0.2) is 55.4 Å². The molecule has 2 rings (SSSR count). The van der Waals surface area contributed by atoms with Crippen LogP contribution in [0.15, 0.2) is 0 Å². The Balaban J connectivity index is 2.11. The maximum atomic E-state index is 12.2. The molecule has 1 aliphatic carbocycles. The summed E-state index contributed by atoms with van der Waals surface area (Å²) in [5.41, 5.74) is 0. The van der Waals surface area contributed by atoms with Crippen molar-refractivity contribution in [3.63, 3.8) is 0 Å². The molecule has 1 aliphatic heterocycles. The van der Waals surface area contributed by atoms with Crippen molar-refractivity contribution in [3.05, 3.63) is 0 Å². The molecule has 1 saturated carbocycles. The number of sulfonamides is 1. The van der Waals surface area contributed by atoms with Crippen LogP contribution in [0.25, 0.3) is 0 Å². The lowest BCUT2D eigenvalue weighted by atomic mass is 10.00. The molecule has 0 aromatic carbocycles. The van der Waals surface area contributed by atoms with E-state index in [2.05, 4.69) is 4.74 Å². The molecule has 1 saturated heterocycles. The second-order valence-electron chi connectivity index (χ2n) is 5.10. The number of hydrogen-bond acceptors (Lipinski definition) is 5. The van der Waals surface area contributed by atoms with Gasteiger partial charge in [0.25, 0.3) is 0 Å². The van der Waals surface area contributed by atoms with Crippen LogP contribution in [0.5, 0.6) is 0 Å². The molecule has 2 aliphatic rings. The highest BCUT2D eigenvalue weighted by Gasteiger charge is 2.47. The van der Waals surface area contributed by atoms with Crippen molar-refractivity contribution in [1.29, 1.82) is 0 Å². The number of fused-ring (bicyclic) bond motifs is 1. The zero-order chi connectivity index (χ0) is 13.5. The molecule has 6 nitrogen and oxygen atoms in total. The van der Waals surface area contributed by atoms with E-state index in [1.165, 1.54) is 18.3 Å². The highest BCUT2D eigenvalue weighted by molar-refractivity contribution is 7.90. The topological polar surface area (TPSA) is 83.9 Å². The second-order valence-corrected chi connectivity index (χ2v) is 7.35. The Labute approximate surface area is 107 Å². The number of aliphatic hydroxyl groups excluding tert-OH is 1. The van der Waals surface area contributed by atoms with Crippen LogP contribution in [-0.2, 0) is 19.6 Å². The van der Waals surface area contributed by atoms with Gasteiger partial charge in [0, 0.05) is 19.0 Å². The molecule has 104 valence electrons. The fraction of sp³-hybridized carbons (Fsp3) is 0.909. The summed E-state index contributed by atoms with van der Waals surface area (Å²) in [6.45, 7) is 2.06. The molecule has 0 amide bonds. The molecular weight excluding hydrogens is 258 g/mol. The van der Waals surface area contributed by atoms with Crippen LogP contribution in [0.2, 0.25) is 0 Å². The first-order valence-corrected chi connectivity index (χ1v) is 7.63. The standard InChI is InChI=1S/C11H19NO5S/c1-7(11(14)17-2)18(15,16)12-5-8-3-4-10(13)9(8)6-12/h7-10,13H,3-6H2,1-2H3. The molecule has 0 aromatic rings. The smallest absolute Gasteiger partial charge is 0.325 e. The second kappa shape index (κ2) is 4.79. The number of aliphatic hydroxyl groups is 1. The van der Waals surface area contributed by atoms with Crippen molar-refractivity contribution in [3.8, 4) is 0 Å². The first-order chi connectivity index (χ1) is 8.37. The van der Waals surface area contributed by atoms with E-state index < -0.39 is 27.3 Å². The van der Waals surface area contributed by atoms with Crippen molar-refractivity contribution in [2.24, 2.45) is 11.8 Å². The first-order valence-electron chi connectivity index (χ1n) is 6.12. The van der Waals surface area contributed by atoms with Crippen molar-refractivity contribution < 1.29 is 23.1 Å². The third kappa shape index (κ3) is 2.15. The monoisotopic (exact) mass is 277 g/mol. The van der Waals surface area contributed by atoms with Gasteiger partial charge in [0.15, 0.2) is 5.25 Å². The van der Waals surface area contributed by atoms with E-state index in [0.29, 0.717) is 13.1 Å². The molecule has 0 bridgehead atoms. The lowest BCUT2D eigenvalue weighted by molar-refractivity contribution is -0.139. The Morgan fingerprint density at radius 2 is 2.06 bits per heavy atom. The average Bonchev–Trinajstić information content (AvgIpc) is 2.90. The molecule has 4 atom stereocenters. The van der Waals surface area contributed by atoms with Gasteiger partial charge in [-0.25, -0.2) is 12.7 Å². The third-order valence-corrected chi connectivity index (χ3v) is 6.23. The molecular formula is C11H19NO5S. The maximum absolute atomic E-state index is 12.2. The SMILES string of the molecule is COC(=O)C(C)S(=O)(=O)N1CC2CCC(O)C2C1. The minimum atomic E-state index is -3.67. The number of carbonyl (C=O) groups excluding carboxylic acids is 1. The fourth-order valence-electron chi connectivity index (χ4n) is 2.91. The normalized spacial score (nSPS) is 34.3. The summed E-state index contributed by atoms with van der Waals surface area (Å²) in [4.78, 5) is 11.3. The summed E-state index contributed by atoms with van der Waals surface area (Å²) >= 11 is 0. The van der Waals surface area contributed by atoms with Crippen LogP contribution >= 0.6 is 0 Å². The molecule has 4 unspecified atom stereocenters. The van der Waals surface area contributed by atoms with Crippen LogP contribution in [0.4, 0.5) is 0 Å². The summed E-state index contributed by atoms with van der Waals surface area (Å²) in [5, 5.41) is 8.58. The predicted molar refractivity (Wildman–Crippen MR) is 64.2 cm³/mol. The summed E-state index contributed by atoms with van der Waals surface area (Å²) in [6, 6.07) is 0. The van der Waals surface area contributed by atoms with Crippen LogP contribution < -0.4 is 0 Å². The molecule has 1 heterocycles. The Morgan fingerprint density at radius 1 is 1.39 bits per heavy atom. The highest BCUT2D eigenvalue weighted by atomic mass is 32.2. The summed E-state index contributed by atoms with van der Waals surface area (Å²) in [6.07, 6.45) is 1.18. The number of ether oxygens (including phenoxy) is 1. The van der Waals surface area contributed by atoms with Crippen LogP contribution in [0.3, 0.4) is 0 Å². The van der Waals surface area contributed by atoms with Gasteiger partial charge in [-0.1, -0.05) is 0 Å². The van der Waals surface area contributed by atoms with E-state index in [9.17, 15) is 18.3 Å². The number of nitrogens with zero attached hydrogens (tertiary/aromatic N) is 1. The van der Waals surface area contributed by atoms with E-state index in [1.807, 2.05) is 0 Å². The number of carbonyl (C=O) groups is 1. The Morgan fingerprint density at radius 3 is 2.61 bits per heavy atom. The summed E-state index contributed by atoms with van der Waals surface area (Å²) in [5.74, 6) is -0.503. The van der Waals surface area contributed by atoms with Crippen LogP contribution in [0.1, 0.15) is 19.8 Å². The van der Waals surface area contributed by atoms with Gasteiger partial charge in [0.1, 0.15) is 0 Å². The van der Waals surface area contributed by atoms with Gasteiger partial charge in [0.05, 0.1) is 13.2 Å². The quantitative estimate of drug-likeness (QED) is 0.708. The summed E-state index contributed by atoms with van der Waals surface area (Å²) in [7, 11) is -2.49. The van der Waals surface area contributed by atoms with Gasteiger partial charge in [-0.3, -0.25) is 4.79 Å². The van der Waals surface area contributed by atoms with Crippen molar-refractivity contribution >= 4 is 16.0 Å². The minimum absolute atomic E-state index is 0.0182.